The highest BCUT2D eigenvalue weighted by Crippen LogP contribution is 2.26. The van der Waals surface area contributed by atoms with E-state index < -0.39 is 46.3 Å². The molecule has 1 unspecified atom stereocenters. The first-order chi connectivity index (χ1) is 17.4. The fourth-order valence-electron chi connectivity index (χ4n) is 3.65. The number of benzene rings is 2. The maximum absolute atomic E-state index is 13.9. The third-order valence-electron chi connectivity index (χ3n) is 5.72. The van der Waals surface area contributed by atoms with Crippen LogP contribution in [0.3, 0.4) is 0 Å². The highest BCUT2D eigenvalue weighted by atomic mass is 35.5. The van der Waals surface area contributed by atoms with Crippen molar-refractivity contribution in [2.24, 2.45) is 5.73 Å². The van der Waals surface area contributed by atoms with Gasteiger partial charge in [0, 0.05) is 37.4 Å². The molecule has 1 heterocycles. The molecule has 2 amide bonds. The van der Waals surface area contributed by atoms with Crippen molar-refractivity contribution in [2.45, 2.75) is 50.3 Å². The molecular weight excluding hydrogens is 547 g/mol. The number of nitrogens with two attached hydrogens (primary N) is 1. The Morgan fingerprint density at radius 1 is 1.16 bits per heavy atom. The Morgan fingerprint density at radius 3 is 2.42 bits per heavy atom. The highest BCUT2D eigenvalue weighted by molar-refractivity contribution is 8.00. The van der Waals surface area contributed by atoms with Gasteiger partial charge >= 0.3 is 5.97 Å². The molecule has 0 aromatic heterocycles. The molecule has 2 atom stereocenters. The maximum Gasteiger partial charge on any atom is 0.347 e. The van der Waals surface area contributed by atoms with Gasteiger partial charge in [-0.05, 0) is 49.6 Å². The van der Waals surface area contributed by atoms with Crippen LogP contribution in [0, 0.1) is 17.5 Å². The Kier molecular flexibility index (Phi) is 10.9. The molecule has 1 aliphatic rings. The minimum Gasteiger partial charge on any atom is -0.478 e. The Labute approximate surface area is 228 Å². The van der Waals surface area contributed by atoms with Crippen LogP contribution in [0.15, 0.2) is 36.4 Å². The van der Waals surface area contributed by atoms with Crippen molar-refractivity contribution in [3.05, 3.63) is 65.0 Å². The van der Waals surface area contributed by atoms with Crippen molar-refractivity contribution in [1.29, 1.82) is 0 Å². The van der Waals surface area contributed by atoms with Gasteiger partial charge in [0.05, 0.1) is 0 Å². The van der Waals surface area contributed by atoms with Gasteiger partial charge in [0.2, 0.25) is 5.91 Å². The predicted octanol–water partition coefficient (Wildman–Crippen LogP) is 3.25. The lowest BCUT2D eigenvalue weighted by molar-refractivity contribution is -0.152. The normalized spacial score (nSPS) is 15.9. The number of amides is 2. The number of hydrogen-bond donors (Lipinski definition) is 3. The molecule has 13 heteroatoms. The van der Waals surface area contributed by atoms with Gasteiger partial charge < -0.3 is 25.8 Å². The Morgan fingerprint density at radius 2 is 1.79 bits per heavy atom. The molecule has 0 aliphatic carbocycles. The largest absolute Gasteiger partial charge is 0.478 e. The van der Waals surface area contributed by atoms with Crippen LogP contribution in [0.5, 0.6) is 5.75 Å². The summed E-state index contributed by atoms with van der Waals surface area (Å²) < 4.78 is 45.9. The van der Waals surface area contributed by atoms with E-state index in [1.54, 1.807) is 24.3 Å². The molecule has 208 valence electrons. The van der Waals surface area contributed by atoms with Crippen molar-refractivity contribution >= 4 is 42.0 Å². The standard InChI is InChI=1S/C25H28F3N3O5S.ClH/c1-25(2,24(34)35)36-17-5-3-14(4-6-17)13-30-22(33)23-31(7-8-37-23)21(32)11-16(29)9-15-10-19(27)20(28)12-18(15)26;/h3-6,10,12,16,23H,7-9,11,13,29H2,1-2H3,(H,30,33)(H,34,35);1H/t16-,23?;/m1./s1. The van der Waals surface area contributed by atoms with Gasteiger partial charge in [-0.1, -0.05) is 12.1 Å². The van der Waals surface area contributed by atoms with E-state index in [1.165, 1.54) is 30.5 Å². The van der Waals surface area contributed by atoms with Gasteiger partial charge in [-0.25, -0.2) is 18.0 Å². The van der Waals surface area contributed by atoms with Crippen LogP contribution < -0.4 is 15.8 Å². The minimum atomic E-state index is -1.39. The van der Waals surface area contributed by atoms with Crippen molar-refractivity contribution in [1.82, 2.24) is 10.2 Å². The molecule has 1 aliphatic heterocycles. The van der Waals surface area contributed by atoms with Gasteiger partial charge in [-0.15, -0.1) is 24.2 Å². The molecule has 0 saturated carbocycles. The van der Waals surface area contributed by atoms with Gasteiger partial charge in [0.1, 0.15) is 11.6 Å². The van der Waals surface area contributed by atoms with E-state index in [1.807, 2.05) is 0 Å². The molecule has 2 aromatic carbocycles. The smallest absolute Gasteiger partial charge is 0.347 e. The van der Waals surface area contributed by atoms with E-state index >= 15 is 0 Å². The predicted molar refractivity (Wildman–Crippen MR) is 138 cm³/mol. The van der Waals surface area contributed by atoms with Crippen LogP contribution in [0.2, 0.25) is 0 Å². The zero-order valence-corrected chi connectivity index (χ0v) is 22.3. The number of thioether (sulfide) groups is 1. The average molecular weight is 576 g/mol. The number of carbonyl (C=O) groups excluding carboxylic acids is 2. The van der Waals surface area contributed by atoms with Crippen molar-refractivity contribution in [2.75, 3.05) is 12.3 Å². The van der Waals surface area contributed by atoms with Gasteiger partial charge in [0.15, 0.2) is 22.6 Å². The first kappa shape index (κ1) is 31.3. The van der Waals surface area contributed by atoms with E-state index in [4.69, 9.17) is 15.6 Å². The molecule has 4 N–H and O–H groups in total. The molecule has 1 fully saturated rings. The summed E-state index contributed by atoms with van der Waals surface area (Å²) >= 11 is 1.30. The summed E-state index contributed by atoms with van der Waals surface area (Å²) in [6.45, 7) is 3.38. The van der Waals surface area contributed by atoms with Crippen LogP contribution in [0.25, 0.3) is 0 Å². The molecule has 3 rings (SSSR count). The zero-order valence-electron chi connectivity index (χ0n) is 20.7. The lowest BCUT2D eigenvalue weighted by Gasteiger charge is -2.24. The summed E-state index contributed by atoms with van der Waals surface area (Å²) in [5, 5.41) is 11.2. The van der Waals surface area contributed by atoms with E-state index in [0.29, 0.717) is 24.1 Å². The molecule has 38 heavy (non-hydrogen) atoms. The van der Waals surface area contributed by atoms with Crippen molar-refractivity contribution in [3.63, 3.8) is 0 Å². The monoisotopic (exact) mass is 575 g/mol. The van der Waals surface area contributed by atoms with Gasteiger partial charge in [-0.2, -0.15) is 0 Å². The SMILES string of the molecule is CC(C)(Oc1ccc(CNC(=O)C2SCCN2C(=O)C[C@H](N)Cc2cc(F)c(F)cc2F)cc1)C(=O)O.Cl. The van der Waals surface area contributed by atoms with Gasteiger partial charge in [-0.3, -0.25) is 9.59 Å². The Hall–Kier alpha value is -2.96. The molecule has 0 spiro atoms. The fourth-order valence-corrected chi connectivity index (χ4v) is 4.81. The van der Waals surface area contributed by atoms with Crippen LogP contribution >= 0.6 is 24.2 Å². The van der Waals surface area contributed by atoms with E-state index in [9.17, 15) is 27.6 Å². The van der Waals surface area contributed by atoms with E-state index in [2.05, 4.69) is 5.32 Å². The van der Waals surface area contributed by atoms with E-state index in [-0.39, 0.29) is 43.3 Å². The number of ether oxygens (including phenoxy) is 1. The molecule has 0 radical (unpaired) electrons. The number of hydrogen-bond acceptors (Lipinski definition) is 6. The first-order valence-corrected chi connectivity index (χ1v) is 12.5. The summed E-state index contributed by atoms with van der Waals surface area (Å²) in [5.41, 5.74) is 5.19. The molecule has 1 saturated heterocycles. The molecule has 0 bridgehead atoms. The summed E-state index contributed by atoms with van der Waals surface area (Å²) in [5.74, 6) is -4.41. The summed E-state index contributed by atoms with van der Waals surface area (Å²) in [4.78, 5) is 38.2. The van der Waals surface area contributed by atoms with Crippen molar-refractivity contribution < 1.29 is 37.4 Å². The van der Waals surface area contributed by atoms with Crippen LogP contribution in [-0.4, -0.2) is 57.1 Å². The maximum atomic E-state index is 13.9. The number of carbonyl (C=O) groups is 3. The number of carboxylic acids is 1. The highest BCUT2D eigenvalue weighted by Gasteiger charge is 2.35. The Balaban J connectivity index is 0.00000507. The average Bonchev–Trinajstić information content (AvgIpc) is 3.32. The number of halogens is 4. The lowest BCUT2D eigenvalue weighted by Crippen LogP contribution is -2.46. The molecule has 8 nitrogen and oxygen atoms in total. The third-order valence-corrected chi connectivity index (χ3v) is 6.92. The second kappa shape index (κ2) is 13.2. The van der Waals surface area contributed by atoms with E-state index in [0.717, 1.165) is 11.6 Å². The van der Waals surface area contributed by atoms with Crippen LogP contribution in [-0.2, 0) is 27.3 Å². The zero-order chi connectivity index (χ0) is 27.3. The molecular formula is C25H29ClF3N3O5S. The van der Waals surface area contributed by atoms with Crippen molar-refractivity contribution in [3.8, 4) is 5.75 Å². The second-order valence-electron chi connectivity index (χ2n) is 9.12. The topological polar surface area (TPSA) is 122 Å². The lowest BCUT2D eigenvalue weighted by atomic mass is 10.0. The molecule has 2 aromatic rings. The first-order valence-electron chi connectivity index (χ1n) is 11.5. The summed E-state index contributed by atoms with van der Waals surface area (Å²) in [6, 6.07) is 6.89. The number of nitrogens with zero attached hydrogens (tertiary/aromatic N) is 1. The minimum absolute atomic E-state index is 0. The third kappa shape index (κ3) is 8.02. The van der Waals surface area contributed by atoms with Crippen LogP contribution in [0.4, 0.5) is 13.2 Å². The number of nitrogens with one attached hydrogen (secondary N) is 1. The van der Waals surface area contributed by atoms with Crippen LogP contribution in [0.1, 0.15) is 31.4 Å². The number of aliphatic carboxylic acids is 1. The summed E-state index contributed by atoms with van der Waals surface area (Å²) in [6.07, 6.45) is -0.368. The second-order valence-corrected chi connectivity index (χ2v) is 10.3. The fraction of sp³-hybridized carbons (Fsp3) is 0.400. The number of carboxylic acid groups (broad SMARTS) is 1. The quantitative estimate of drug-likeness (QED) is 0.372. The number of rotatable bonds is 10. The Bertz CT molecular complexity index is 1170. The van der Waals surface area contributed by atoms with Gasteiger partial charge in [0.25, 0.3) is 5.91 Å². The summed E-state index contributed by atoms with van der Waals surface area (Å²) in [7, 11) is 0.